The summed E-state index contributed by atoms with van der Waals surface area (Å²) >= 11 is 5.91. The van der Waals surface area contributed by atoms with Gasteiger partial charge < -0.3 is 10.1 Å². The Kier molecular flexibility index (Phi) is 5.82. The molecule has 0 bridgehead atoms. The molecule has 0 aliphatic rings. The minimum atomic E-state index is -3.74. The highest BCUT2D eigenvalue weighted by Gasteiger charge is 2.18. The minimum absolute atomic E-state index is 0.0497. The Balaban J connectivity index is 2.17. The van der Waals surface area contributed by atoms with Gasteiger partial charge in [-0.3, -0.25) is 4.79 Å². The highest BCUT2D eigenvalue weighted by molar-refractivity contribution is 7.89. The Morgan fingerprint density at radius 3 is 2.62 bits per heavy atom. The molecule has 128 valence electrons. The molecule has 2 aromatic rings. The fraction of sp³-hybridized carbons (Fsp3) is 0.188. The van der Waals surface area contributed by atoms with Gasteiger partial charge >= 0.3 is 0 Å². The van der Waals surface area contributed by atoms with Crippen LogP contribution < -0.4 is 14.8 Å². The van der Waals surface area contributed by atoms with Crippen LogP contribution in [0.5, 0.6) is 5.75 Å². The number of carbonyl (C=O) groups excluding carboxylic acids is 1. The van der Waals surface area contributed by atoms with Crippen LogP contribution in [0.2, 0.25) is 5.02 Å². The van der Waals surface area contributed by atoms with Crippen molar-refractivity contribution >= 4 is 27.5 Å². The summed E-state index contributed by atoms with van der Waals surface area (Å²) in [5.74, 6) is 0.290. The molecule has 0 saturated carbocycles. The summed E-state index contributed by atoms with van der Waals surface area (Å²) in [6.45, 7) is 0.284. The van der Waals surface area contributed by atoms with Gasteiger partial charge in [0.1, 0.15) is 10.6 Å². The van der Waals surface area contributed by atoms with Crippen LogP contribution in [0.25, 0.3) is 0 Å². The summed E-state index contributed by atoms with van der Waals surface area (Å²) in [6, 6.07) is 11.4. The van der Waals surface area contributed by atoms with Crippen molar-refractivity contribution < 1.29 is 17.9 Å². The Hall–Kier alpha value is -2.09. The number of sulfonamides is 1. The van der Waals surface area contributed by atoms with Crippen molar-refractivity contribution in [2.24, 2.45) is 0 Å². The van der Waals surface area contributed by atoms with Crippen LogP contribution >= 0.6 is 11.6 Å². The first-order valence-corrected chi connectivity index (χ1v) is 8.87. The molecular formula is C16H17ClN2O4S. The highest BCUT2D eigenvalue weighted by atomic mass is 35.5. The Labute approximate surface area is 145 Å². The lowest BCUT2D eigenvalue weighted by Crippen LogP contribution is -2.24. The van der Waals surface area contributed by atoms with Crippen molar-refractivity contribution in [3.8, 4) is 5.75 Å². The summed E-state index contributed by atoms with van der Waals surface area (Å²) < 4.78 is 31.1. The monoisotopic (exact) mass is 368 g/mol. The van der Waals surface area contributed by atoms with Gasteiger partial charge in [-0.1, -0.05) is 23.7 Å². The number of ether oxygens (including phenoxy) is 1. The molecule has 0 aliphatic carbocycles. The summed E-state index contributed by atoms with van der Waals surface area (Å²) in [5.41, 5.74) is 1.07. The molecule has 0 spiro atoms. The van der Waals surface area contributed by atoms with E-state index in [1.54, 1.807) is 19.2 Å². The molecule has 2 N–H and O–H groups in total. The Morgan fingerprint density at radius 2 is 1.96 bits per heavy atom. The van der Waals surface area contributed by atoms with E-state index in [2.05, 4.69) is 10.0 Å². The molecule has 2 aromatic carbocycles. The number of benzene rings is 2. The maximum Gasteiger partial charge on any atom is 0.251 e. The van der Waals surface area contributed by atoms with Gasteiger partial charge in [0, 0.05) is 12.1 Å². The number of carbonyl (C=O) groups is 1. The van der Waals surface area contributed by atoms with Crippen LogP contribution in [0.15, 0.2) is 47.4 Å². The first-order valence-electron chi connectivity index (χ1n) is 7.01. The maximum atomic E-state index is 12.3. The molecule has 6 nitrogen and oxygen atoms in total. The van der Waals surface area contributed by atoms with Crippen LogP contribution in [0.1, 0.15) is 15.9 Å². The van der Waals surface area contributed by atoms with Crippen LogP contribution in [0.3, 0.4) is 0 Å². The number of nitrogens with one attached hydrogen (secondary N) is 2. The Morgan fingerprint density at radius 1 is 1.21 bits per heavy atom. The number of hydrogen-bond acceptors (Lipinski definition) is 4. The van der Waals surface area contributed by atoms with Gasteiger partial charge in [-0.2, -0.15) is 0 Å². The third-order valence-corrected chi connectivity index (χ3v) is 5.23. The zero-order chi connectivity index (χ0) is 17.7. The fourth-order valence-electron chi connectivity index (χ4n) is 2.03. The second-order valence-corrected chi connectivity index (χ2v) is 7.15. The summed E-state index contributed by atoms with van der Waals surface area (Å²) in [7, 11) is -0.896. The first-order chi connectivity index (χ1) is 11.4. The van der Waals surface area contributed by atoms with Crippen molar-refractivity contribution in [1.82, 2.24) is 10.0 Å². The topological polar surface area (TPSA) is 84.5 Å². The van der Waals surface area contributed by atoms with E-state index in [-0.39, 0.29) is 22.0 Å². The lowest BCUT2D eigenvalue weighted by molar-refractivity contribution is 0.0950. The Bertz CT molecular complexity index is 853. The first kappa shape index (κ1) is 18.3. The molecule has 0 fully saturated rings. The average Bonchev–Trinajstić information content (AvgIpc) is 2.60. The van der Waals surface area contributed by atoms with Crippen LogP contribution in [-0.2, 0) is 16.6 Å². The van der Waals surface area contributed by atoms with Gasteiger partial charge in [-0.25, -0.2) is 13.1 Å². The predicted molar refractivity (Wildman–Crippen MR) is 91.9 cm³/mol. The van der Waals surface area contributed by atoms with E-state index in [0.717, 1.165) is 5.56 Å². The van der Waals surface area contributed by atoms with Gasteiger partial charge in [0.15, 0.2) is 0 Å². The van der Waals surface area contributed by atoms with E-state index in [1.807, 2.05) is 12.1 Å². The SMILES string of the molecule is CNS(=O)(=O)c1cc(C(=O)NCc2cccc(OC)c2)ccc1Cl. The van der Waals surface area contributed by atoms with Crippen LogP contribution in [-0.4, -0.2) is 28.5 Å². The number of rotatable bonds is 6. The van der Waals surface area contributed by atoms with E-state index in [4.69, 9.17) is 16.3 Å². The molecular weight excluding hydrogens is 352 g/mol. The van der Waals surface area contributed by atoms with Gasteiger partial charge in [0.25, 0.3) is 5.91 Å². The largest absolute Gasteiger partial charge is 0.497 e. The zero-order valence-electron chi connectivity index (χ0n) is 13.2. The fourth-order valence-corrected chi connectivity index (χ4v) is 3.28. The van der Waals surface area contributed by atoms with Crippen molar-refractivity contribution in [2.45, 2.75) is 11.4 Å². The normalized spacial score (nSPS) is 11.1. The van der Waals surface area contributed by atoms with Gasteiger partial charge in [-0.05, 0) is 42.9 Å². The van der Waals surface area contributed by atoms with E-state index in [9.17, 15) is 13.2 Å². The summed E-state index contributed by atoms with van der Waals surface area (Å²) in [5, 5.41) is 2.78. The smallest absolute Gasteiger partial charge is 0.251 e. The standard InChI is InChI=1S/C16H17ClN2O4S/c1-18-24(21,22)15-9-12(6-7-14(15)17)16(20)19-10-11-4-3-5-13(8-11)23-2/h3-9,18H,10H2,1-2H3,(H,19,20). The van der Waals surface area contributed by atoms with Gasteiger partial charge in [-0.15, -0.1) is 0 Å². The van der Waals surface area contributed by atoms with E-state index in [1.165, 1.54) is 25.2 Å². The second-order valence-electron chi connectivity index (χ2n) is 4.89. The van der Waals surface area contributed by atoms with Crippen LogP contribution in [0, 0.1) is 0 Å². The lowest BCUT2D eigenvalue weighted by atomic mass is 10.2. The molecule has 0 aliphatic heterocycles. The molecule has 0 saturated heterocycles. The molecule has 24 heavy (non-hydrogen) atoms. The molecule has 0 heterocycles. The summed E-state index contributed by atoms with van der Waals surface area (Å²) in [4.78, 5) is 12.1. The van der Waals surface area contributed by atoms with Crippen LogP contribution in [0.4, 0.5) is 0 Å². The van der Waals surface area contributed by atoms with Gasteiger partial charge in [0.2, 0.25) is 10.0 Å². The quantitative estimate of drug-likeness (QED) is 0.818. The zero-order valence-corrected chi connectivity index (χ0v) is 14.7. The summed E-state index contributed by atoms with van der Waals surface area (Å²) in [6.07, 6.45) is 0. The average molecular weight is 369 g/mol. The highest BCUT2D eigenvalue weighted by Crippen LogP contribution is 2.22. The molecule has 1 amide bonds. The van der Waals surface area contributed by atoms with Gasteiger partial charge in [0.05, 0.1) is 12.1 Å². The van der Waals surface area contributed by atoms with Crippen molar-refractivity contribution in [1.29, 1.82) is 0 Å². The number of methoxy groups -OCH3 is 1. The predicted octanol–water partition coefficient (Wildman–Crippen LogP) is 2.19. The number of hydrogen-bond donors (Lipinski definition) is 2. The molecule has 8 heteroatoms. The second kappa shape index (κ2) is 7.65. The third kappa shape index (κ3) is 4.25. The van der Waals surface area contributed by atoms with Crippen molar-refractivity contribution in [3.63, 3.8) is 0 Å². The van der Waals surface area contributed by atoms with E-state index in [0.29, 0.717) is 5.75 Å². The molecule has 0 aromatic heterocycles. The minimum Gasteiger partial charge on any atom is -0.497 e. The number of amides is 1. The van der Waals surface area contributed by atoms with E-state index >= 15 is 0 Å². The van der Waals surface area contributed by atoms with Crippen molar-refractivity contribution in [3.05, 3.63) is 58.6 Å². The molecule has 0 radical (unpaired) electrons. The molecule has 0 unspecified atom stereocenters. The third-order valence-electron chi connectivity index (χ3n) is 3.34. The lowest BCUT2D eigenvalue weighted by Gasteiger charge is -2.09. The van der Waals surface area contributed by atoms with Crippen molar-refractivity contribution in [2.75, 3.05) is 14.2 Å². The van der Waals surface area contributed by atoms with E-state index < -0.39 is 15.9 Å². The molecule has 2 rings (SSSR count). The molecule has 0 atom stereocenters. The maximum absolute atomic E-state index is 12.3. The number of halogens is 1.